The van der Waals surface area contributed by atoms with Gasteiger partial charge in [0.1, 0.15) is 12.4 Å². The van der Waals surface area contributed by atoms with Gasteiger partial charge in [-0.2, -0.15) is 0 Å². The van der Waals surface area contributed by atoms with Gasteiger partial charge in [0.2, 0.25) is 0 Å². The fraction of sp³-hybridized carbons (Fsp3) is 0.529. The predicted octanol–water partition coefficient (Wildman–Crippen LogP) is 2.96. The summed E-state index contributed by atoms with van der Waals surface area (Å²) in [4.78, 5) is 2.47. The van der Waals surface area contributed by atoms with Gasteiger partial charge in [0, 0.05) is 25.2 Å². The molecule has 1 aliphatic heterocycles. The lowest BCUT2D eigenvalue weighted by atomic mass is 9.97. The molecule has 0 radical (unpaired) electrons. The van der Waals surface area contributed by atoms with Gasteiger partial charge in [-0.05, 0) is 49.9 Å². The third-order valence-electron chi connectivity index (χ3n) is 4.39. The lowest BCUT2D eigenvalue weighted by molar-refractivity contribution is 0.259. The monoisotopic (exact) mass is 274 g/mol. The molecule has 0 aromatic heterocycles. The molecular formula is C17H26N2O. The first-order valence-corrected chi connectivity index (χ1v) is 7.38. The SMILES string of the molecule is C=CCOc1ccc(C(C)N2CCC(N)C2)c(C)c1C. The van der Waals surface area contributed by atoms with Gasteiger partial charge in [-0.1, -0.05) is 18.7 Å². The topological polar surface area (TPSA) is 38.5 Å². The molecule has 2 unspecified atom stereocenters. The van der Waals surface area contributed by atoms with E-state index in [0.717, 1.165) is 25.3 Å². The Morgan fingerprint density at radius 3 is 2.80 bits per heavy atom. The third-order valence-corrected chi connectivity index (χ3v) is 4.39. The van der Waals surface area contributed by atoms with E-state index in [0.29, 0.717) is 18.7 Å². The van der Waals surface area contributed by atoms with Crippen LogP contribution in [0.5, 0.6) is 5.75 Å². The van der Waals surface area contributed by atoms with Crippen molar-refractivity contribution in [1.82, 2.24) is 4.90 Å². The first-order chi connectivity index (χ1) is 9.54. The van der Waals surface area contributed by atoms with Crippen molar-refractivity contribution in [2.75, 3.05) is 19.7 Å². The molecule has 1 fully saturated rings. The van der Waals surface area contributed by atoms with E-state index in [4.69, 9.17) is 10.5 Å². The van der Waals surface area contributed by atoms with Crippen molar-refractivity contribution in [3.05, 3.63) is 41.5 Å². The van der Waals surface area contributed by atoms with Crippen molar-refractivity contribution < 1.29 is 4.74 Å². The van der Waals surface area contributed by atoms with Gasteiger partial charge in [-0.25, -0.2) is 0 Å². The molecule has 0 bridgehead atoms. The number of likely N-dealkylation sites (tertiary alicyclic amines) is 1. The van der Waals surface area contributed by atoms with E-state index in [1.165, 1.54) is 16.7 Å². The summed E-state index contributed by atoms with van der Waals surface area (Å²) >= 11 is 0. The van der Waals surface area contributed by atoms with Gasteiger partial charge in [0.05, 0.1) is 0 Å². The largest absolute Gasteiger partial charge is 0.489 e. The number of nitrogens with two attached hydrogens (primary N) is 1. The highest BCUT2D eigenvalue weighted by Gasteiger charge is 2.25. The van der Waals surface area contributed by atoms with Crippen molar-refractivity contribution in [2.45, 2.75) is 39.3 Å². The summed E-state index contributed by atoms with van der Waals surface area (Å²) in [6, 6.07) is 5.01. The number of benzene rings is 1. The van der Waals surface area contributed by atoms with Crippen molar-refractivity contribution in [3.63, 3.8) is 0 Å². The van der Waals surface area contributed by atoms with Gasteiger partial charge in [-0.15, -0.1) is 0 Å². The third kappa shape index (κ3) is 3.05. The van der Waals surface area contributed by atoms with Crippen molar-refractivity contribution in [1.29, 1.82) is 0 Å². The summed E-state index contributed by atoms with van der Waals surface area (Å²) in [6.45, 7) is 12.9. The molecular weight excluding hydrogens is 248 g/mol. The van der Waals surface area contributed by atoms with Crippen LogP contribution >= 0.6 is 0 Å². The summed E-state index contributed by atoms with van der Waals surface area (Å²) < 4.78 is 5.69. The number of nitrogens with zero attached hydrogens (tertiary/aromatic N) is 1. The Kier molecular flexibility index (Phi) is 4.84. The molecule has 0 spiro atoms. The summed E-state index contributed by atoms with van der Waals surface area (Å²) in [5.74, 6) is 0.955. The molecule has 1 aromatic carbocycles. The average molecular weight is 274 g/mol. The molecule has 2 atom stereocenters. The van der Waals surface area contributed by atoms with Crippen LogP contribution in [0, 0.1) is 13.8 Å². The Bertz CT molecular complexity index is 484. The Labute approximate surface area is 122 Å². The van der Waals surface area contributed by atoms with Gasteiger partial charge in [0.15, 0.2) is 0 Å². The maximum Gasteiger partial charge on any atom is 0.122 e. The highest BCUT2D eigenvalue weighted by molar-refractivity contribution is 5.44. The molecule has 1 aliphatic rings. The van der Waals surface area contributed by atoms with Gasteiger partial charge >= 0.3 is 0 Å². The molecule has 0 saturated carbocycles. The molecule has 110 valence electrons. The Hall–Kier alpha value is -1.32. The van der Waals surface area contributed by atoms with Crippen LogP contribution in [0.1, 0.15) is 36.1 Å². The molecule has 3 heteroatoms. The Morgan fingerprint density at radius 2 is 2.20 bits per heavy atom. The zero-order valence-corrected chi connectivity index (χ0v) is 12.9. The van der Waals surface area contributed by atoms with E-state index >= 15 is 0 Å². The first-order valence-electron chi connectivity index (χ1n) is 7.38. The highest BCUT2D eigenvalue weighted by Crippen LogP contribution is 2.32. The smallest absolute Gasteiger partial charge is 0.122 e. The molecule has 2 rings (SSSR count). The summed E-state index contributed by atoms with van der Waals surface area (Å²) in [7, 11) is 0. The van der Waals surface area contributed by atoms with Crippen LogP contribution in [0.2, 0.25) is 0 Å². The van der Waals surface area contributed by atoms with E-state index < -0.39 is 0 Å². The number of ether oxygens (including phenoxy) is 1. The lowest BCUT2D eigenvalue weighted by Gasteiger charge is -2.27. The van der Waals surface area contributed by atoms with Crippen molar-refractivity contribution in [2.24, 2.45) is 5.73 Å². The molecule has 1 aromatic rings. The van der Waals surface area contributed by atoms with Gasteiger partial charge < -0.3 is 10.5 Å². The van der Waals surface area contributed by atoms with E-state index in [-0.39, 0.29) is 0 Å². The van der Waals surface area contributed by atoms with Crippen LogP contribution < -0.4 is 10.5 Å². The summed E-state index contributed by atoms with van der Waals surface area (Å²) in [5, 5.41) is 0. The van der Waals surface area contributed by atoms with Crippen LogP contribution in [0.25, 0.3) is 0 Å². The van der Waals surface area contributed by atoms with Gasteiger partial charge in [-0.3, -0.25) is 4.90 Å². The van der Waals surface area contributed by atoms with Crippen LogP contribution in [-0.2, 0) is 0 Å². The standard InChI is InChI=1S/C17H26N2O/c1-5-10-20-17-7-6-16(12(2)13(17)3)14(4)19-9-8-15(18)11-19/h5-7,14-15H,1,8-11,18H2,2-4H3. The van der Waals surface area contributed by atoms with E-state index in [2.05, 4.69) is 44.4 Å². The van der Waals surface area contributed by atoms with Crippen LogP contribution in [0.4, 0.5) is 0 Å². The highest BCUT2D eigenvalue weighted by atomic mass is 16.5. The summed E-state index contributed by atoms with van der Waals surface area (Å²) in [5.41, 5.74) is 9.94. The first kappa shape index (κ1) is 15.1. The molecule has 20 heavy (non-hydrogen) atoms. The van der Waals surface area contributed by atoms with E-state index in [1.54, 1.807) is 6.08 Å². The second kappa shape index (κ2) is 6.42. The number of hydrogen-bond donors (Lipinski definition) is 1. The molecule has 3 nitrogen and oxygen atoms in total. The molecule has 2 N–H and O–H groups in total. The average Bonchev–Trinajstić information content (AvgIpc) is 2.86. The van der Waals surface area contributed by atoms with Crippen molar-refractivity contribution in [3.8, 4) is 5.75 Å². The van der Waals surface area contributed by atoms with E-state index in [9.17, 15) is 0 Å². The summed E-state index contributed by atoms with van der Waals surface area (Å²) in [6.07, 6.45) is 2.87. The molecule has 0 amide bonds. The lowest BCUT2D eigenvalue weighted by Crippen LogP contribution is -2.29. The number of rotatable bonds is 5. The Morgan fingerprint density at radius 1 is 1.45 bits per heavy atom. The van der Waals surface area contributed by atoms with Crippen LogP contribution in [-0.4, -0.2) is 30.6 Å². The minimum atomic E-state index is 0.328. The Balaban J connectivity index is 2.20. The molecule has 0 aliphatic carbocycles. The van der Waals surface area contributed by atoms with Gasteiger partial charge in [0.25, 0.3) is 0 Å². The fourth-order valence-electron chi connectivity index (χ4n) is 2.94. The second-order valence-electron chi connectivity index (χ2n) is 5.72. The van der Waals surface area contributed by atoms with E-state index in [1.807, 2.05) is 0 Å². The zero-order chi connectivity index (χ0) is 14.7. The minimum absolute atomic E-state index is 0.328. The quantitative estimate of drug-likeness (QED) is 0.839. The maximum atomic E-state index is 6.02. The fourth-order valence-corrected chi connectivity index (χ4v) is 2.94. The minimum Gasteiger partial charge on any atom is -0.489 e. The zero-order valence-electron chi connectivity index (χ0n) is 12.9. The molecule has 1 heterocycles. The number of hydrogen-bond acceptors (Lipinski definition) is 3. The maximum absolute atomic E-state index is 6.02. The predicted molar refractivity (Wildman–Crippen MR) is 84.2 cm³/mol. The second-order valence-corrected chi connectivity index (χ2v) is 5.72. The normalized spacial score (nSPS) is 20.9. The van der Waals surface area contributed by atoms with Crippen molar-refractivity contribution >= 4 is 0 Å². The molecule has 1 saturated heterocycles. The van der Waals surface area contributed by atoms with Crippen LogP contribution in [0.3, 0.4) is 0 Å². The van der Waals surface area contributed by atoms with Crippen LogP contribution in [0.15, 0.2) is 24.8 Å².